The van der Waals surface area contributed by atoms with Gasteiger partial charge >= 0.3 is 0 Å². The quantitative estimate of drug-likeness (QED) is 0.318. The van der Waals surface area contributed by atoms with Gasteiger partial charge in [0.15, 0.2) is 12.0 Å². The molecule has 0 spiro atoms. The van der Waals surface area contributed by atoms with E-state index in [1.165, 1.54) is 6.20 Å². The van der Waals surface area contributed by atoms with Crippen LogP contribution >= 0.6 is 0 Å². The van der Waals surface area contributed by atoms with Gasteiger partial charge in [-0.05, 0) is 29.8 Å². The van der Waals surface area contributed by atoms with Crippen LogP contribution in [0.2, 0.25) is 0 Å². The van der Waals surface area contributed by atoms with E-state index in [-0.39, 0.29) is 5.78 Å². The molecule has 0 unspecified atom stereocenters. The number of benzene rings is 2. The lowest BCUT2D eigenvalue weighted by Gasteiger charge is -2.01. The average Bonchev–Trinajstić information content (AvgIpc) is 2.53. The molecular formula is C18H13NO2. The molecule has 0 N–H and O–H groups in total. The second-order valence-electron chi connectivity index (χ2n) is 4.72. The molecule has 0 bridgehead atoms. The molecule has 3 nitrogen and oxygen atoms in total. The summed E-state index contributed by atoms with van der Waals surface area (Å²) in [6, 6.07) is 18.2. The first-order valence-corrected chi connectivity index (χ1v) is 6.63. The number of aromatic nitrogens is 1. The van der Waals surface area contributed by atoms with Gasteiger partial charge in [-0.15, -0.1) is 0 Å². The smallest absolute Gasteiger partial charge is 0.223 e. The van der Waals surface area contributed by atoms with Gasteiger partial charge in [0.2, 0.25) is 5.52 Å². The molecule has 0 aliphatic rings. The highest BCUT2D eigenvalue weighted by molar-refractivity contribution is 6.06. The highest BCUT2D eigenvalue weighted by Crippen LogP contribution is 2.14. The minimum Gasteiger partial charge on any atom is -0.618 e. The summed E-state index contributed by atoms with van der Waals surface area (Å²) >= 11 is 0. The molecule has 0 atom stereocenters. The predicted octanol–water partition coefficient (Wildman–Crippen LogP) is 3.37. The Labute approximate surface area is 122 Å². The first-order valence-electron chi connectivity index (χ1n) is 6.63. The summed E-state index contributed by atoms with van der Waals surface area (Å²) < 4.78 is 0.831. The van der Waals surface area contributed by atoms with Gasteiger partial charge < -0.3 is 5.21 Å². The topological polar surface area (TPSA) is 44.0 Å². The van der Waals surface area contributed by atoms with Crippen LogP contribution in [-0.4, -0.2) is 5.78 Å². The minimum absolute atomic E-state index is 0.0392. The minimum atomic E-state index is -0.0392. The summed E-state index contributed by atoms with van der Waals surface area (Å²) in [7, 11) is 0. The van der Waals surface area contributed by atoms with Crippen LogP contribution in [0.3, 0.4) is 0 Å². The van der Waals surface area contributed by atoms with Gasteiger partial charge in [0.1, 0.15) is 0 Å². The third-order valence-electron chi connectivity index (χ3n) is 3.27. The van der Waals surface area contributed by atoms with E-state index < -0.39 is 0 Å². The van der Waals surface area contributed by atoms with E-state index in [1.807, 2.05) is 36.4 Å². The molecule has 0 radical (unpaired) electrons. The third-order valence-corrected chi connectivity index (χ3v) is 3.27. The van der Waals surface area contributed by atoms with E-state index >= 15 is 0 Å². The average molecular weight is 275 g/mol. The molecule has 3 rings (SSSR count). The molecule has 0 aliphatic carbocycles. The summed E-state index contributed by atoms with van der Waals surface area (Å²) in [5, 5.41) is 12.4. The van der Waals surface area contributed by atoms with Gasteiger partial charge in [0.25, 0.3) is 0 Å². The maximum Gasteiger partial charge on any atom is 0.223 e. The number of pyridine rings is 1. The maximum atomic E-state index is 12.0. The summed E-state index contributed by atoms with van der Waals surface area (Å²) in [4.78, 5) is 12.0. The third kappa shape index (κ3) is 2.82. The molecule has 1 heterocycles. The normalized spacial score (nSPS) is 11.0. The first-order chi connectivity index (χ1) is 10.2. The molecule has 1 aromatic heterocycles. The molecule has 0 aliphatic heterocycles. The van der Waals surface area contributed by atoms with Crippen molar-refractivity contribution in [3.8, 4) is 0 Å². The number of allylic oxidation sites excluding steroid dienone is 1. The molecule has 3 heteroatoms. The Kier molecular flexibility index (Phi) is 3.48. The monoisotopic (exact) mass is 275 g/mol. The van der Waals surface area contributed by atoms with E-state index in [2.05, 4.69) is 0 Å². The van der Waals surface area contributed by atoms with Crippen molar-refractivity contribution in [2.45, 2.75) is 0 Å². The van der Waals surface area contributed by atoms with Crippen molar-refractivity contribution in [1.29, 1.82) is 0 Å². The van der Waals surface area contributed by atoms with Crippen LogP contribution in [0.4, 0.5) is 0 Å². The van der Waals surface area contributed by atoms with Crippen molar-refractivity contribution < 1.29 is 9.52 Å². The van der Waals surface area contributed by atoms with Crippen molar-refractivity contribution in [3.05, 3.63) is 89.3 Å². The molecular weight excluding hydrogens is 262 g/mol. The maximum absolute atomic E-state index is 12.0. The lowest BCUT2D eigenvalue weighted by atomic mass is 10.1. The van der Waals surface area contributed by atoms with Gasteiger partial charge in [-0.2, -0.15) is 4.73 Å². The van der Waals surface area contributed by atoms with Crippen molar-refractivity contribution in [3.63, 3.8) is 0 Å². The standard InChI is InChI=1S/C18H13NO2/c20-18(15-5-2-1-3-6-15)11-9-14-8-10-17-16(13-14)7-4-12-19(17)21/h1-13H/b11-9+. The van der Waals surface area contributed by atoms with Crippen LogP contribution < -0.4 is 4.73 Å². The van der Waals surface area contributed by atoms with E-state index in [4.69, 9.17) is 0 Å². The van der Waals surface area contributed by atoms with Crippen molar-refractivity contribution in [2.75, 3.05) is 0 Å². The summed E-state index contributed by atoms with van der Waals surface area (Å²) in [5.41, 5.74) is 2.16. The van der Waals surface area contributed by atoms with Crippen molar-refractivity contribution >= 4 is 22.8 Å². The molecule has 3 aromatic rings. The molecule has 0 saturated heterocycles. The molecule has 0 saturated carbocycles. The Balaban J connectivity index is 1.88. The Morgan fingerprint density at radius 3 is 2.62 bits per heavy atom. The van der Waals surface area contributed by atoms with Crippen LogP contribution in [0.25, 0.3) is 17.0 Å². The first kappa shape index (κ1) is 13.1. The van der Waals surface area contributed by atoms with Gasteiger partial charge in [0.05, 0.1) is 0 Å². The number of rotatable bonds is 3. The molecule has 2 aromatic carbocycles. The van der Waals surface area contributed by atoms with E-state index in [0.717, 1.165) is 15.7 Å². The molecule has 21 heavy (non-hydrogen) atoms. The summed E-state index contributed by atoms with van der Waals surface area (Å²) in [6.07, 6.45) is 4.78. The van der Waals surface area contributed by atoms with Gasteiger partial charge in [-0.25, -0.2) is 0 Å². The SMILES string of the molecule is O=C(/C=C/c1ccc2c(ccc[n+]2[O-])c1)c1ccccc1. The van der Waals surface area contributed by atoms with E-state index in [9.17, 15) is 10.0 Å². The zero-order valence-electron chi connectivity index (χ0n) is 11.3. The van der Waals surface area contributed by atoms with Gasteiger partial charge in [0, 0.05) is 23.1 Å². The second kappa shape index (κ2) is 5.59. The van der Waals surface area contributed by atoms with Crippen LogP contribution in [-0.2, 0) is 0 Å². The fraction of sp³-hybridized carbons (Fsp3) is 0. The zero-order valence-corrected chi connectivity index (χ0v) is 11.3. The van der Waals surface area contributed by atoms with Crippen molar-refractivity contribution in [1.82, 2.24) is 0 Å². The predicted molar refractivity (Wildman–Crippen MR) is 82.7 cm³/mol. The lowest BCUT2D eigenvalue weighted by Crippen LogP contribution is -2.25. The van der Waals surface area contributed by atoms with Gasteiger partial charge in [-0.1, -0.05) is 36.4 Å². The zero-order chi connectivity index (χ0) is 14.7. The number of hydrogen-bond acceptors (Lipinski definition) is 2. The number of hydrogen-bond donors (Lipinski definition) is 0. The molecule has 0 fully saturated rings. The Morgan fingerprint density at radius 1 is 1.00 bits per heavy atom. The largest absolute Gasteiger partial charge is 0.618 e. The van der Waals surface area contributed by atoms with Crippen LogP contribution in [0.1, 0.15) is 15.9 Å². The molecule has 0 amide bonds. The second-order valence-corrected chi connectivity index (χ2v) is 4.72. The van der Waals surface area contributed by atoms with E-state index in [0.29, 0.717) is 11.1 Å². The van der Waals surface area contributed by atoms with Crippen molar-refractivity contribution in [2.24, 2.45) is 0 Å². The Morgan fingerprint density at radius 2 is 1.81 bits per heavy atom. The number of fused-ring (bicyclic) bond motifs is 1. The number of carbonyl (C=O) groups excluding carboxylic acids is 1. The lowest BCUT2D eigenvalue weighted by molar-refractivity contribution is -0.577. The van der Waals surface area contributed by atoms with Crippen LogP contribution in [0.5, 0.6) is 0 Å². The number of nitrogens with zero attached hydrogens (tertiary/aromatic N) is 1. The molecule has 102 valence electrons. The Bertz CT molecular complexity index is 823. The fourth-order valence-electron chi connectivity index (χ4n) is 2.19. The fourth-order valence-corrected chi connectivity index (χ4v) is 2.19. The number of carbonyl (C=O) groups is 1. The highest BCUT2D eigenvalue weighted by Gasteiger charge is 2.03. The Hall–Kier alpha value is -2.94. The van der Waals surface area contributed by atoms with Crippen LogP contribution in [0.15, 0.2) is 72.9 Å². The summed E-state index contributed by atoms with van der Waals surface area (Å²) in [5.74, 6) is -0.0392. The highest BCUT2D eigenvalue weighted by atomic mass is 16.5. The van der Waals surface area contributed by atoms with Gasteiger partial charge in [-0.3, -0.25) is 4.79 Å². The number of ketones is 1. The summed E-state index contributed by atoms with van der Waals surface area (Å²) in [6.45, 7) is 0. The van der Waals surface area contributed by atoms with Crippen LogP contribution in [0, 0.1) is 5.21 Å². The van der Waals surface area contributed by atoms with E-state index in [1.54, 1.807) is 36.4 Å².